The van der Waals surface area contributed by atoms with Crippen molar-refractivity contribution in [3.63, 3.8) is 0 Å². The van der Waals surface area contributed by atoms with Crippen molar-refractivity contribution >= 4 is 35.1 Å². The van der Waals surface area contributed by atoms with E-state index in [0.717, 1.165) is 17.5 Å². The summed E-state index contributed by atoms with van der Waals surface area (Å²) in [6, 6.07) is 13.4. The number of fused-ring (bicyclic) bond motifs is 1. The summed E-state index contributed by atoms with van der Waals surface area (Å²) in [6.07, 6.45) is 0.592. The minimum Gasteiger partial charge on any atom is -0.325 e. The van der Waals surface area contributed by atoms with Gasteiger partial charge in [0.25, 0.3) is 5.56 Å². The molecule has 7 nitrogen and oxygen atoms in total. The maximum Gasteiger partial charge on any atom is 0.257 e. The van der Waals surface area contributed by atoms with Gasteiger partial charge in [-0.1, -0.05) is 49.0 Å². The molecule has 1 aliphatic rings. The molecule has 1 aliphatic heterocycles. The zero-order valence-electron chi connectivity index (χ0n) is 17.3. The fourth-order valence-corrected chi connectivity index (χ4v) is 4.36. The molecule has 9 heteroatoms. The first-order chi connectivity index (χ1) is 15.4. The van der Waals surface area contributed by atoms with Crippen LogP contribution in [0.1, 0.15) is 36.0 Å². The number of rotatable bonds is 6. The van der Waals surface area contributed by atoms with E-state index in [1.165, 1.54) is 23.9 Å². The van der Waals surface area contributed by atoms with Crippen LogP contribution >= 0.6 is 11.8 Å². The van der Waals surface area contributed by atoms with Crippen LogP contribution in [0.3, 0.4) is 0 Å². The van der Waals surface area contributed by atoms with E-state index in [2.05, 4.69) is 20.6 Å². The van der Waals surface area contributed by atoms with Crippen molar-refractivity contribution in [3.8, 4) is 0 Å². The summed E-state index contributed by atoms with van der Waals surface area (Å²) < 4.78 is 13.1. The van der Waals surface area contributed by atoms with Crippen LogP contribution in [0.15, 0.2) is 58.5 Å². The van der Waals surface area contributed by atoms with Crippen molar-refractivity contribution < 1.29 is 14.0 Å². The molecule has 4 rings (SSSR count). The third-order valence-electron chi connectivity index (χ3n) is 5.19. The van der Waals surface area contributed by atoms with Crippen LogP contribution in [0.25, 0.3) is 0 Å². The molecular weight excluding hydrogens is 431 g/mol. The molecule has 0 spiro atoms. The highest BCUT2D eigenvalue weighted by Crippen LogP contribution is 2.31. The van der Waals surface area contributed by atoms with Crippen molar-refractivity contribution in [1.29, 1.82) is 0 Å². The maximum atomic E-state index is 13.1. The molecule has 0 aliphatic carbocycles. The number of anilines is 2. The van der Waals surface area contributed by atoms with Crippen molar-refractivity contribution in [2.75, 3.05) is 10.6 Å². The zero-order chi connectivity index (χ0) is 22.7. The first kappa shape index (κ1) is 21.8. The van der Waals surface area contributed by atoms with Gasteiger partial charge in [0.15, 0.2) is 5.16 Å². The van der Waals surface area contributed by atoms with Crippen molar-refractivity contribution in [2.24, 2.45) is 0 Å². The van der Waals surface area contributed by atoms with E-state index >= 15 is 0 Å². The highest BCUT2D eigenvalue weighted by Gasteiger charge is 2.35. The smallest absolute Gasteiger partial charge is 0.257 e. The average molecular weight is 453 g/mol. The molecule has 3 aromatic rings. The quantitative estimate of drug-likeness (QED) is 0.390. The second kappa shape index (κ2) is 9.35. The van der Waals surface area contributed by atoms with Gasteiger partial charge in [-0.25, -0.2) is 9.37 Å². The van der Waals surface area contributed by atoms with Gasteiger partial charge in [-0.05, 0) is 35.7 Å². The van der Waals surface area contributed by atoms with E-state index < -0.39 is 17.4 Å². The first-order valence-corrected chi connectivity index (χ1v) is 11.1. The van der Waals surface area contributed by atoms with Gasteiger partial charge in [-0.2, -0.15) is 0 Å². The summed E-state index contributed by atoms with van der Waals surface area (Å²) >= 11 is 1.24. The lowest BCUT2D eigenvalue weighted by Crippen LogP contribution is -2.36. The molecule has 2 heterocycles. The SMILES string of the molecule is CCc1ccccc1NC(=O)[C@@H]1CC(=O)Nc2nc(SCc3ccc(F)cc3)[nH]c(=O)c21. The molecular formula is C23H21FN4O3S. The van der Waals surface area contributed by atoms with Crippen LogP contribution in [0.2, 0.25) is 0 Å². The molecule has 0 unspecified atom stereocenters. The largest absolute Gasteiger partial charge is 0.325 e. The second-order valence-electron chi connectivity index (χ2n) is 7.35. The average Bonchev–Trinajstić information content (AvgIpc) is 2.78. The Labute approximate surface area is 187 Å². The number of H-pyrrole nitrogens is 1. The highest BCUT2D eigenvalue weighted by atomic mass is 32.2. The number of hydrogen-bond donors (Lipinski definition) is 3. The van der Waals surface area contributed by atoms with Crippen LogP contribution in [0.5, 0.6) is 0 Å². The number of hydrogen-bond acceptors (Lipinski definition) is 5. The first-order valence-electron chi connectivity index (χ1n) is 10.1. The minimum absolute atomic E-state index is 0.0931. The molecule has 164 valence electrons. The predicted molar refractivity (Wildman–Crippen MR) is 121 cm³/mol. The Morgan fingerprint density at radius 1 is 1.19 bits per heavy atom. The molecule has 0 radical (unpaired) electrons. The highest BCUT2D eigenvalue weighted by molar-refractivity contribution is 7.98. The molecule has 2 amide bonds. The molecule has 2 aromatic carbocycles. The molecule has 1 atom stereocenters. The van der Waals surface area contributed by atoms with E-state index in [9.17, 15) is 18.8 Å². The molecule has 3 N–H and O–H groups in total. The van der Waals surface area contributed by atoms with Crippen molar-refractivity contribution in [1.82, 2.24) is 9.97 Å². The number of carbonyl (C=O) groups is 2. The van der Waals surface area contributed by atoms with Gasteiger partial charge in [0, 0.05) is 17.9 Å². The van der Waals surface area contributed by atoms with E-state index in [1.807, 2.05) is 25.1 Å². The number of carbonyl (C=O) groups excluding carboxylic acids is 2. The van der Waals surface area contributed by atoms with Gasteiger partial charge < -0.3 is 15.6 Å². The molecule has 1 aromatic heterocycles. The summed E-state index contributed by atoms with van der Waals surface area (Å²) in [5.41, 5.74) is 2.14. The number of aromatic amines is 1. The topological polar surface area (TPSA) is 104 Å². The normalized spacial score (nSPS) is 15.1. The number of aryl methyl sites for hydroxylation is 1. The Bertz CT molecular complexity index is 1230. The van der Waals surface area contributed by atoms with Crippen LogP contribution in [-0.2, 0) is 21.8 Å². The molecule has 0 saturated heterocycles. The second-order valence-corrected chi connectivity index (χ2v) is 8.32. The molecule has 0 bridgehead atoms. The lowest BCUT2D eigenvalue weighted by Gasteiger charge is -2.24. The Kier molecular flexibility index (Phi) is 6.36. The Morgan fingerprint density at radius 3 is 2.69 bits per heavy atom. The van der Waals surface area contributed by atoms with Gasteiger partial charge in [0.1, 0.15) is 11.6 Å². The number of halogens is 1. The zero-order valence-corrected chi connectivity index (χ0v) is 18.1. The number of para-hydroxylation sites is 1. The standard InChI is InChI=1S/C23H21FN4O3S/c1-2-14-5-3-4-6-17(14)25-21(30)16-11-18(29)26-20-19(16)22(31)28-23(27-20)32-12-13-7-9-15(24)10-8-13/h3-10,16H,2,11-12H2,1H3,(H,25,30)(H2,26,27,28,29,31)/t16-/m1/s1. The number of nitrogens with one attached hydrogen (secondary N) is 3. The lowest BCUT2D eigenvalue weighted by atomic mass is 9.92. The van der Waals surface area contributed by atoms with Crippen molar-refractivity contribution in [3.05, 3.63) is 81.4 Å². The third-order valence-corrected chi connectivity index (χ3v) is 6.14. The lowest BCUT2D eigenvalue weighted by molar-refractivity contribution is -0.123. The van der Waals surface area contributed by atoms with E-state index in [-0.39, 0.29) is 29.5 Å². The summed E-state index contributed by atoms with van der Waals surface area (Å²) in [5.74, 6) is -1.54. The Balaban J connectivity index is 1.57. The summed E-state index contributed by atoms with van der Waals surface area (Å²) in [4.78, 5) is 45.2. The molecule has 0 saturated carbocycles. The van der Waals surface area contributed by atoms with Crippen molar-refractivity contribution in [2.45, 2.75) is 36.6 Å². The molecule has 32 heavy (non-hydrogen) atoms. The maximum absolute atomic E-state index is 13.1. The van der Waals surface area contributed by atoms with E-state index in [0.29, 0.717) is 16.6 Å². The van der Waals surface area contributed by atoms with Gasteiger partial charge in [-0.3, -0.25) is 14.4 Å². The summed E-state index contributed by atoms with van der Waals surface area (Å²) in [5, 5.41) is 5.76. The number of amides is 2. The number of benzene rings is 2. The minimum atomic E-state index is -0.948. The van der Waals surface area contributed by atoms with Crippen LogP contribution in [0, 0.1) is 5.82 Å². The van der Waals surface area contributed by atoms with Crippen LogP contribution in [-0.4, -0.2) is 21.8 Å². The Hall–Kier alpha value is -3.46. The number of thioether (sulfide) groups is 1. The van der Waals surface area contributed by atoms with Gasteiger partial charge in [0.05, 0.1) is 11.5 Å². The van der Waals surface area contributed by atoms with Crippen LogP contribution in [0.4, 0.5) is 15.9 Å². The third kappa shape index (κ3) is 4.72. The number of nitrogens with zero attached hydrogens (tertiary/aromatic N) is 1. The fraction of sp³-hybridized carbons (Fsp3) is 0.217. The number of aromatic nitrogens is 2. The summed E-state index contributed by atoms with van der Waals surface area (Å²) in [6.45, 7) is 1.98. The van der Waals surface area contributed by atoms with Gasteiger partial charge in [0.2, 0.25) is 11.8 Å². The summed E-state index contributed by atoms with van der Waals surface area (Å²) in [7, 11) is 0. The molecule has 0 fully saturated rings. The van der Waals surface area contributed by atoms with Gasteiger partial charge >= 0.3 is 0 Å². The van der Waals surface area contributed by atoms with E-state index in [1.54, 1.807) is 18.2 Å². The monoisotopic (exact) mass is 452 g/mol. The van der Waals surface area contributed by atoms with Gasteiger partial charge in [-0.15, -0.1) is 0 Å². The van der Waals surface area contributed by atoms with E-state index in [4.69, 9.17) is 0 Å². The fourth-order valence-electron chi connectivity index (χ4n) is 3.55. The predicted octanol–water partition coefficient (Wildman–Crippen LogP) is 3.83. The van der Waals surface area contributed by atoms with Crippen LogP contribution < -0.4 is 16.2 Å². The Morgan fingerprint density at radius 2 is 1.94 bits per heavy atom.